The number of imidazole rings is 1. The van der Waals surface area contributed by atoms with Crippen molar-refractivity contribution in [1.82, 2.24) is 34.4 Å². The summed E-state index contributed by atoms with van der Waals surface area (Å²) in [5.41, 5.74) is 4.04. The van der Waals surface area contributed by atoms with Crippen LogP contribution < -0.4 is 10.5 Å². The van der Waals surface area contributed by atoms with E-state index in [1.807, 2.05) is 25.3 Å². The predicted octanol–water partition coefficient (Wildman–Crippen LogP) is 2.73. The molecule has 34 heavy (non-hydrogen) atoms. The Balaban J connectivity index is 1.17. The Morgan fingerprint density at radius 1 is 1.06 bits per heavy atom. The summed E-state index contributed by atoms with van der Waals surface area (Å²) in [6.45, 7) is 5.53. The van der Waals surface area contributed by atoms with Crippen molar-refractivity contribution >= 4 is 22.2 Å². The summed E-state index contributed by atoms with van der Waals surface area (Å²) in [6, 6.07) is 7.63. The highest BCUT2D eigenvalue weighted by Crippen LogP contribution is 2.23. The second-order valence-corrected chi connectivity index (χ2v) is 8.58. The standard InChI is InChI=1S/C24H23FN8O/c1-15-12-29-33-19-5-2-16(20(25)21(19)30-24(34)22(15)33)14-31-8-10-32(11-9-31)17-3-4-18(28-13-17)23-26-6-7-27-23/h2-7,12-13H,8-11,14H2,1H3,(H,26,27)(H,30,34). The predicted molar refractivity (Wildman–Crippen MR) is 127 cm³/mol. The van der Waals surface area contributed by atoms with Gasteiger partial charge in [-0.3, -0.25) is 14.7 Å². The molecule has 0 bridgehead atoms. The largest absolute Gasteiger partial charge is 0.368 e. The van der Waals surface area contributed by atoms with Gasteiger partial charge in [-0.05, 0) is 25.1 Å². The minimum Gasteiger partial charge on any atom is -0.368 e. The monoisotopic (exact) mass is 458 g/mol. The van der Waals surface area contributed by atoms with Crippen LogP contribution in [-0.4, -0.2) is 60.6 Å². The number of hydrogen-bond acceptors (Lipinski definition) is 6. The summed E-state index contributed by atoms with van der Waals surface area (Å²) in [5, 5.41) is 4.25. The lowest BCUT2D eigenvalue weighted by Gasteiger charge is -2.36. The number of halogens is 1. The topological polar surface area (TPSA) is 98.2 Å². The number of fused-ring (bicyclic) bond motifs is 3. The Bertz CT molecular complexity index is 1530. The van der Waals surface area contributed by atoms with E-state index in [0.29, 0.717) is 23.1 Å². The molecule has 1 aliphatic heterocycles. The number of hydrogen-bond donors (Lipinski definition) is 2. The van der Waals surface area contributed by atoms with Crippen molar-refractivity contribution in [2.24, 2.45) is 0 Å². The number of nitrogens with one attached hydrogen (secondary N) is 2. The van der Waals surface area contributed by atoms with Gasteiger partial charge in [-0.15, -0.1) is 0 Å². The fourth-order valence-corrected chi connectivity index (χ4v) is 4.61. The molecular formula is C24H23FN8O. The van der Waals surface area contributed by atoms with Crippen molar-refractivity contribution in [2.45, 2.75) is 13.5 Å². The maximum atomic E-state index is 15.4. The number of benzene rings is 1. The molecular weight excluding hydrogens is 435 g/mol. The summed E-state index contributed by atoms with van der Waals surface area (Å²) in [6.07, 6.45) is 6.97. The number of aromatic amines is 2. The Morgan fingerprint density at radius 2 is 1.91 bits per heavy atom. The minimum atomic E-state index is -0.398. The third-order valence-electron chi connectivity index (χ3n) is 6.45. The van der Waals surface area contributed by atoms with Gasteiger partial charge in [0.05, 0.1) is 23.6 Å². The van der Waals surface area contributed by atoms with Gasteiger partial charge in [-0.25, -0.2) is 13.9 Å². The summed E-state index contributed by atoms with van der Waals surface area (Å²) < 4.78 is 16.9. The number of anilines is 1. The van der Waals surface area contributed by atoms with Gasteiger partial charge in [0.1, 0.15) is 16.7 Å². The van der Waals surface area contributed by atoms with Crippen molar-refractivity contribution in [3.05, 3.63) is 76.4 Å². The molecule has 1 aromatic carbocycles. The van der Waals surface area contributed by atoms with E-state index in [2.05, 4.69) is 40.9 Å². The van der Waals surface area contributed by atoms with Gasteiger partial charge in [0.2, 0.25) is 0 Å². The zero-order valence-electron chi connectivity index (χ0n) is 18.6. The number of aromatic nitrogens is 6. The summed E-state index contributed by atoms with van der Waals surface area (Å²) >= 11 is 0. The minimum absolute atomic E-state index is 0.194. The van der Waals surface area contributed by atoms with Crippen LogP contribution in [0, 0.1) is 12.7 Å². The second-order valence-electron chi connectivity index (χ2n) is 8.58. The number of pyridine rings is 1. The van der Waals surface area contributed by atoms with Gasteiger partial charge in [-0.1, -0.05) is 6.07 Å². The molecule has 0 atom stereocenters. The number of H-pyrrole nitrogens is 2. The first kappa shape index (κ1) is 20.5. The van der Waals surface area contributed by atoms with Gasteiger partial charge in [0.25, 0.3) is 5.56 Å². The zero-order valence-corrected chi connectivity index (χ0v) is 18.6. The van der Waals surface area contributed by atoms with Crippen molar-refractivity contribution in [1.29, 1.82) is 0 Å². The lowest BCUT2D eigenvalue weighted by Crippen LogP contribution is -2.46. The molecule has 0 aliphatic carbocycles. The van der Waals surface area contributed by atoms with Gasteiger partial charge in [0.15, 0.2) is 11.6 Å². The van der Waals surface area contributed by atoms with E-state index in [1.54, 1.807) is 24.7 Å². The normalized spacial score (nSPS) is 14.9. The second kappa shape index (κ2) is 8.07. The first-order valence-corrected chi connectivity index (χ1v) is 11.2. The fourth-order valence-electron chi connectivity index (χ4n) is 4.61. The maximum absolute atomic E-state index is 15.4. The molecule has 0 amide bonds. The number of nitrogens with zero attached hydrogens (tertiary/aromatic N) is 6. The van der Waals surface area contributed by atoms with E-state index in [0.717, 1.165) is 48.9 Å². The molecule has 4 aromatic heterocycles. The summed E-state index contributed by atoms with van der Waals surface area (Å²) in [4.78, 5) is 31.5. The van der Waals surface area contributed by atoms with Crippen LogP contribution in [0.25, 0.3) is 28.1 Å². The number of rotatable bonds is 4. The zero-order chi connectivity index (χ0) is 23.2. The quantitative estimate of drug-likeness (QED) is 0.430. The van der Waals surface area contributed by atoms with Crippen LogP contribution in [0.3, 0.4) is 0 Å². The highest BCUT2D eigenvalue weighted by Gasteiger charge is 2.21. The average molecular weight is 459 g/mol. The highest BCUT2D eigenvalue weighted by atomic mass is 19.1. The third kappa shape index (κ3) is 3.43. The van der Waals surface area contributed by atoms with Gasteiger partial charge in [0, 0.05) is 56.2 Å². The van der Waals surface area contributed by atoms with Crippen LogP contribution in [0.5, 0.6) is 0 Å². The molecule has 1 saturated heterocycles. The Morgan fingerprint density at radius 3 is 2.65 bits per heavy atom. The SMILES string of the molecule is Cc1cnn2c1c(=O)[nH]c1c(F)c(CN3CCN(c4ccc(-c5ncc[nH]5)nc4)CC3)ccc12. The molecule has 0 radical (unpaired) electrons. The van der Waals surface area contributed by atoms with E-state index in [1.165, 1.54) is 4.52 Å². The molecule has 6 rings (SSSR count). The van der Waals surface area contributed by atoms with E-state index in [-0.39, 0.29) is 11.1 Å². The Hall–Kier alpha value is -4.05. The molecule has 0 saturated carbocycles. The summed E-state index contributed by atoms with van der Waals surface area (Å²) in [5.74, 6) is 0.350. The molecule has 5 aromatic rings. The average Bonchev–Trinajstić information content (AvgIpc) is 3.53. The van der Waals surface area contributed by atoms with Crippen LogP contribution in [0.1, 0.15) is 11.1 Å². The number of aryl methyl sites for hydroxylation is 1. The molecule has 172 valence electrons. The first-order valence-electron chi connectivity index (χ1n) is 11.2. The molecule has 1 aliphatic rings. The lowest BCUT2D eigenvalue weighted by molar-refractivity contribution is 0.247. The molecule has 5 heterocycles. The van der Waals surface area contributed by atoms with E-state index >= 15 is 4.39 Å². The van der Waals surface area contributed by atoms with Crippen molar-refractivity contribution in [3.63, 3.8) is 0 Å². The maximum Gasteiger partial charge on any atom is 0.274 e. The van der Waals surface area contributed by atoms with E-state index < -0.39 is 5.82 Å². The Labute approximate surface area is 193 Å². The Kier molecular flexibility index (Phi) is 4.88. The lowest BCUT2D eigenvalue weighted by atomic mass is 10.1. The van der Waals surface area contributed by atoms with Crippen molar-refractivity contribution in [3.8, 4) is 11.5 Å². The van der Waals surface area contributed by atoms with Crippen LogP contribution in [0.15, 0.2) is 53.8 Å². The van der Waals surface area contributed by atoms with Crippen molar-refractivity contribution in [2.75, 3.05) is 31.1 Å². The first-order chi connectivity index (χ1) is 16.6. The van der Waals surface area contributed by atoms with Crippen LogP contribution in [0.4, 0.5) is 10.1 Å². The highest BCUT2D eigenvalue weighted by molar-refractivity contribution is 5.79. The van der Waals surface area contributed by atoms with E-state index in [9.17, 15) is 4.79 Å². The molecule has 0 unspecified atom stereocenters. The van der Waals surface area contributed by atoms with Gasteiger partial charge < -0.3 is 14.9 Å². The van der Waals surface area contributed by atoms with Crippen LogP contribution in [0.2, 0.25) is 0 Å². The smallest absolute Gasteiger partial charge is 0.274 e. The van der Waals surface area contributed by atoms with Crippen molar-refractivity contribution < 1.29 is 4.39 Å². The fraction of sp³-hybridized carbons (Fsp3) is 0.250. The van der Waals surface area contributed by atoms with Gasteiger partial charge >= 0.3 is 0 Å². The van der Waals surface area contributed by atoms with E-state index in [4.69, 9.17) is 0 Å². The van der Waals surface area contributed by atoms with Crippen LogP contribution in [-0.2, 0) is 6.54 Å². The molecule has 1 fully saturated rings. The molecule has 2 N–H and O–H groups in total. The van der Waals surface area contributed by atoms with Crippen LogP contribution >= 0.6 is 0 Å². The van der Waals surface area contributed by atoms with Gasteiger partial charge in [-0.2, -0.15) is 5.10 Å². The molecule has 10 heteroatoms. The molecule has 0 spiro atoms. The summed E-state index contributed by atoms with van der Waals surface area (Å²) in [7, 11) is 0. The number of piperazine rings is 1. The molecule has 9 nitrogen and oxygen atoms in total. The third-order valence-corrected chi connectivity index (χ3v) is 6.45.